The molecular weight excluding hydrogens is 358 g/mol. The molecule has 8 heteroatoms. The van der Waals surface area contributed by atoms with Gasteiger partial charge in [0.05, 0.1) is 23.4 Å². The number of nitrogens with zero attached hydrogens (tertiary/aromatic N) is 3. The molecule has 2 N–H and O–H groups in total. The molecule has 0 spiro atoms. The van der Waals surface area contributed by atoms with Crippen LogP contribution in [0.4, 0.5) is 5.69 Å². The van der Waals surface area contributed by atoms with E-state index in [1.165, 1.54) is 41.1 Å². The van der Waals surface area contributed by atoms with Gasteiger partial charge in [0.1, 0.15) is 5.69 Å². The third-order valence-electron chi connectivity index (χ3n) is 4.04. The van der Waals surface area contributed by atoms with Crippen LogP contribution in [0.1, 0.15) is 39.6 Å². The van der Waals surface area contributed by atoms with Gasteiger partial charge in [0, 0.05) is 18.3 Å². The number of nitrogens with one attached hydrogen (secondary N) is 2. The lowest BCUT2D eigenvalue weighted by atomic mass is 10.1. The lowest BCUT2D eigenvalue weighted by Crippen LogP contribution is -2.27. The second-order valence-electron chi connectivity index (χ2n) is 5.99. The number of amides is 2. The van der Waals surface area contributed by atoms with Gasteiger partial charge >= 0.3 is 0 Å². The quantitative estimate of drug-likeness (QED) is 0.707. The van der Waals surface area contributed by atoms with Crippen LogP contribution in [-0.4, -0.2) is 27.7 Å². The molecule has 2 heterocycles. The summed E-state index contributed by atoms with van der Waals surface area (Å²) in [4.78, 5) is 41.5. The maximum absolute atomic E-state index is 12.7. The molecule has 0 radical (unpaired) electrons. The van der Waals surface area contributed by atoms with E-state index in [0.717, 1.165) is 6.42 Å². The zero-order valence-electron chi connectivity index (χ0n) is 15.1. The van der Waals surface area contributed by atoms with Crippen molar-refractivity contribution in [3.63, 3.8) is 0 Å². The first-order valence-corrected chi connectivity index (χ1v) is 8.65. The fraction of sp³-hybridized carbons (Fsp3) is 0.150. The predicted octanol–water partition coefficient (Wildman–Crippen LogP) is 1.96. The fourth-order valence-electron chi connectivity index (χ4n) is 2.59. The van der Waals surface area contributed by atoms with E-state index in [1.807, 2.05) is 13.0 Å². The van der Waals surface area contributed by atoms with Crippen molar-refractivity contribution in [1.29, 1.82) is 5.26 Å². The topological polar surface area (TPSA) is 116 Å². The van der Waals surface area contributed by atoms with Crippen molar-refractivity contribution in [1.82, 2.24) is 14.7 Å². The largest absolute Gasteiger partial charge is 0.352 e. The second-order valence-corrected chi connectivity index (χ2v) is 5.99. The van der Waals surface area contributed by atoms with E-state index in [1.54, 1.807) is 12.1 Å². The number of pyridine rings is 1. The van der Waals surface area contributed by atoms with Gasteiger partial charge in [-0.05, 0) is 42.8 Å². The summed E-state index contributed by atoms with van der Waals surface area (Å²) in [6.45, 7) is 2.46. The Morgan fingerprint density at radius 3 is 2.61 bits per heavy atom. The van der Waals surface area contributed by atoms with Crippen molar-refractivity contribution in [3.8, 4) is 6.07 Å². The highest BCUT2D eigenvalue weighted by molar-refractivity contribution is 6.04. The van der Waals surface area contributed by atoms with E-state index in [2.05, 4.69) is 15.6 Å². The SMILES string of the molecule is CCCNC(=O)c1cccn2c(=O)c(NC(=O)c3ccc(C#N)cc3)cnc12. The molecule has 8 nitrogen and oxygen atoms in total. The zero-order valence-corrected chi connectivity index (χ0v) is 15.1. The van der Waals surface area contributed by atoms with Crippen molar-refractivity contribution in [2.45, 2.75) is 13.3 Å². The predicted molar refractivity (Wildman–Crippen MR) is 103 cm³/mol. The van der Waals surface area contributed by atoms with Gasteiger partial charge in [-0.3, -0.25) is 18.8 Å². The number of rotatable bonds is 5. The molecule has 2 aromatic heterocycles. The maximum Gasteiger partial charge on any atom is 0.281 e. The lowest BCUT2D eigenvalue weighted by molar-refractivity contribution is 0.0953. The molecule has 0 saturated heterocycles. The molecule has 3 rings (SSSR count). The van der Waals surface area contributed by atoms with Crippen LogP contribution in [0, 0.1) is 11.3 Å². The minimum Gasteiger partial charge on any atom is -0.352 e. The molecule has 0 aliphatic carbocycles. The van der Waals surface area contributed by atoms with Crippen LogP contribution >= 0.6 is 0 Å². The Balaban J connectivity index is 1.92. The third kappa shape index (κ3) is 3.73. The average molecular weight is 375 g/mol. The Hall–Kier alpha value is -3.99. The van der Waals surface area contributed by atoms with Crippen molar-refractivity contribution < 1.29 is 9.59 Å². The van der Waals surface area contributed by atoms with Crippen LogP contribution in [0.3, 0.4) is 0 Å². The van der Waals surface area contributed by atoms with Crippen molar-refractivity contribution in [2.75, 3.05) is 11.9 Å². The highest BCUT2D eigenvalue weighted by Gasteiger charge is 2.15. The number of anilines is 1. The molecule has 0 saturated carbocycles. The van der Waals surface area contributed by atoms with Gasteiger partial charge in [0.25, 0.3) is 17.4 Å². The summed E-state index contributed by atoms with van der Waals surface area (Å²) in [5.41, 5.74) is 0.694. The Morgan fingerprint density at radius 2 is 1.93 bits per heavy atom. The lowest BCUT2D eigenvalue weighted by Gasteiger charge is -2.09. The first-order valence-electron chi connectivity index (χ1n) is 8.65. The number of aromatic nitrogens is 2. The van der Waals surface area contributed by atoms with Crippen LogP contribution in [0.15, 0.2) is 53.6 Å². The smallest absolute Gasteiger partial charge is 0.281 e. The molecule has 2 amide bonds. The number of fused-ring (bicyclic) bond motifs is 1. The molecule has 0 fully saturated rings. The number of hydrogen-bond donors (Lipinski definition) is 2. The van der Waals surface area contributed by atoms with Crippen LogP contribution in [0.5, 0.6) is 0 Å². The molecule has 3 aromatic rings. The van der Waals surface area contributed by atoms with E-state index in [0.29, 0.717) is 17.7 Å². The minimum absolute atomic E-state index is 0.0158. The average Bonchev–Trinajstić information content (AvgIpc) is 2.73. The Kier molecular flexibility index (Phi) is 5.46. The number of hydrogen-bond acceptors (Lipinski definition) is 5. The highest BCUT2D eigenvalue weighted by atomic mass is 16.2. The molecule has 0 unspecified atom stereocenters. The molecule has 0 aliphatic heterocycles. The standard InChI is InChI=1S/C20H17N5O3/c1-2-9-22-19(27)15-4-3-10-25-17(15)23-12-16(20(25)28)24-18(26)14-7-5-13(11-21)6-8-14/h3-8,10,12H,2,9H2,1H3,(H,22,27)(H,24,26). The van der Waals surface area contributed by atoms with Crippen molar-refractivity contribution in [3.05, 3.63) is 75.8 Å². The normalized spacial score (nSPS) is 10.3. The van der Waals surface area contributed by atoms with Gasteiger partial charge in [0.15, 0.2) is 5.65 Å². The summed E-state index contributed by atoms with van der Waals surface area (Å²) in [7, 11) is 0. The van der Waals surface area contributed by atoms with Gasteiger partial charge in [-0.25, -0.2) is 4.98 Å². The van der Waals surface area contributed by atoms with E-state index in [4.69, 9.17) is 5.26 Å². The Bertz CT molecular complexity index is 1140. The van der Waals surface area contributed by atoms with Crippen LogP contribution in [0.2, 0.25) is 0 Å². The van der Waals surface area contributed by atoms with Crippen LogP contribution in [0.25, 0.3) is 5.65 Å². The van der Waals surface area contributed by atoms with Crippen molar-refractivity contribution >= 4 is 23.1 Å². The van der Waals surface area contributed by atoms with E-state index in [-0.39, 0.29) is 22.8 Å². The molecule has 0 aliphatic rings. The summed E-state index contributed by atoms with van der Waals surface area (Å²) in [6.07, 6.45) is 3.50. The van der Waals surface area contributed by atoms with Gasteiger partial charge in [-0.2, -0.15) is 5.26 Å². The molecular formula is C20H17N5O3. The van der Waals surface area contributed by atoms with Crippen molar-refractivity contribution in [2.24, 2.45) is 0 Å². The number of carbonyl (C=O) groups is 2. The Morgan fingerprint density at radius 1 is 1.18 bits per heavy atom. The summed E-state index contributed by atoms with van der Waals surface area (Å²) in [5, 5.41) is 14.1. The molecule has 0 atom stereocenters. The monoisotopic (exact) mass is 375 g/mol. The zero-order chi connectivity index (χ0) is 20.1. The first kappa shape index (κ1) is 18.8. The van der Waals surface area contributed by atoms with Gasteiger partial charge in [-0.1, -0.05) is 6.92 Å². The molecule has 0 bridgehead atoms. The molecule has 140 valence electrons. The highest BCUT2D eigenvalue weighted by Crippen LogP contribution is 2.10. The maximum atomic E-state index is 12.7. The summed E-state index contributed by atoms with van der Waals surface area (Å²) < 4.78 is 1.22. The second kappa shape index (κ2) is 8.14. The minimum atomic E-state index is -0.503. The Labute approximate surface area is 160 Å². The fourth-order valence-corrected chi connectivity index (χ4v) is 2.59. The molecule has 28 heavy (non-hydrogen) atoms. The van der Waals surface area contributed by atoms with E-state index >= 15 is 0 Å². The third-order valence-corrected chi connectivity index (χ3v) is 4.04. The first-order chi connectivity index (χ1) is 13.5. The van der Waals surface area contributed by atoms with Crippen LogP contribution < -0.4 is 16.2 Å². The van der Waals surface area contributed by atoms with Gasteiger partial charge in [-0.15, -0.1) is 0 Å². The number of carbonyl (C=O) groups excluding carboxylic acids is 2. The molecule has 1 aromatic carbocycles. The van der Waals surface area contributed by atoms with Gasteiger partial charge in [0.2, 0.25) is 0 Å². The number of benzene rings is 1. The summed E-state index contributed by atoms with van der Waals surface area (Å²) >= 11 is 0. The summed E-state index contributed by atoms with van der Waals surface area (Å²) in [6, 6.07) is 11.2. The summed E-state index contributed by atoms with van der Waals surface area (Å²) in [5.74, 6) is -0.818. The van der Waals surface area contributed by atoms with Gasteiger partial charge < -0.3 is 10.6 Å². The van der Waals surface area contributed by atoms with E-state index < -0.39 is 11.5 Å². The van der Waals surface area contributed by atoms with Crippen LogP contribution in [-0.2, 0) is 0 Å². The number of nitriles is 1. The van der Waals surface area contributed by atoms with E-state index in [9.17, 15) is 14.4 Å².